The molecule has 0 heterocycles. The molecule has 4 heteroatoms. The van der Waals surface area contributed by atoms with Gasteiger partial charge in [-0.2, -0.15) is 0 Å². The third kappa shape index (κ3) is 5.23. The number of amides is 1. The number of carbonyl (C=O) groups is 2. The molecule has 0 aliphatic carbocycles. The van der Waals surface area contributed by atoms with E-state index in [1.807, 2.05) is 87.5 Å². The van der Waals surface area contributed by atoms with Crippen LogP contribution >= 0.6 is 0 Å². The topological polar surface area (TPSA) is 55.4 Å². The van der Waals surface area contributed by atoms with Gasteiger partial charge in [-0.05, 0) is 40.3 Å². The monoisotopic (exact) mass is 389 g/mol. The third-order valence-corrected chi connectivity index (χ3v) is 5.10. The van der Waals surface area contributed by atoms with Crippen LogP contribution < -0.4 is 5.32 Å². The highest BCUT2D eigenvalue weighted by Gasteiger charge is 2.26. The molecule has 0 unspecified atom stereocenters. The summed E-state index contributed by atoms with van der Waals surface area (Å²) in [6, 6.07) is 21.0. The fraction of sp³-hybridized carbons (Fsp3) is 0.280. The van der Waals surface area contributed by atoms with Crippen molar-refractivity contribution in [2.24, 2.45) is 5.92 Å². The normalized spacial score (nSPS) is 12.0. The Kier molecular flexibility index (Phi) is 6.65. The van der Waals surface area contributed by atoms with Crippen molar-refractivity contribution in [2.45, 2.75) is 39.8 Å². The molecule has 0 aliphatic heterocycles. The van der Waals surface area contributed by atoms with Crippen molar-refractivity contribution >= 4 is 22.6 Å². The maximum atomic E-state index is 12.7. The van der Waals surface area contributed by atoms with Crippen LogP contribution in [0.5, 0.6) is 0 Å². The summed E-state index contributed by atoms with van der Waals surface area (Å²) in [6.07, 6.45) is 0.218. The zero-order valence-corrected chi connectivity index (χ0v) is 17.1. The molecule has 0 spiro atoms. The van der Waals surface area contributed by atoms with Crippen molar-refractivity contribution in [1.82, 2.24) is 5.32 Å². The molecule has 0 radical (unpaired) electrons. The molecule has 1 N–H and O–H groups in total. The number of esters is 1. The van der Waals surface area contributed by atoms with Gasteiger partial charge in [-0.3, -0.25) is 4.79 Å². The van der Waals surface area contributed by atoms with Crippen LogP contribution in [-0.2, 0) is 27.4 Å². The smallest absolute Gasteiger partial charge is 0.329 e. The summed E-state index contributed by atoms with van der Waals surface area (Å²) in [5.74, 6) is -0.668. The molecule has 1 atom stereocenters. The molecule has 3 aromatic carbocycles. The third-order valence-electron chi connectivity index (χ3n) is 5.10. The highest BCUT2D eigenvalue weighted by molar-refractivity contribution is 5.91. The maximum absolute atomic E-state index is 12.7. The number of carbonyl (C=O) groups excluding carboxylic acids is 2. The molecule has 3 rings (SSSR count). The van der Waals surface area contributed by atoms with Gasteiger partial charge in [0.2, 0.25) is 5.91 Å². The number of hydrogen-bond acceptors (Lipinski definition) is 3. The van der Waals surface area contributed by atoms with Gasteiger partial charge in [-0.1, -0.05) is 80.6 Å². The first-order valence-corrected chi connectivity index (χ1v) is 9.93. The number of nitrogens with one attached hydrogen (secondary N) is 1. The van der Waals surface area contributed by atoms with E-state index in [0.717, 1.165) is 27.5 Å². The van der Waals surface area contributed by atoms with Gasteiger partial charge in [0.1, 0.15) is 12.6 Å². The molecular weight excluding hydrogens is 362 g/mol. The van der Waals surface area contributed by atoms with Gasteiger partial charge >= 0.3 is 5.97 Å². The van der Waals surface area contributed by atoms with Crippen molar-refractivity contribution in [2.75, 3.05) is 0 Å². The summed E-state index contributed by atoms with van der Waals surface area (Å²) in [5, 5.41) is 5.01. The van der Waals surface area contributed by atoms with Crippen molar-refractivity contribution in [3.63, 3.8) is 0 Å². The minimum absolute atomic E-state index is 0.0733. The van der Waals surface area contributed by atoms with E-state index in [-0.39, 0.29) is 24.9 Å². The first-order chi connectivity index (χ1) is 14.0. The van der Waals surface area contributed by atoms with Crippen LogP contribution in [0, 0.1) is 12.8 Å². The Bertz CT molecular complexity index is 1000. The summed E-state index contributed by atoms with van der Waals surface area (Å²) >= 11 is 0. The first kappa shape index (κ1) is 20.6. The number of benzene rings is 3. The molecule has 0 bridgehead atoms. The second kappa shape index (κ2) is 9.37. The molecule has 0 aliphatic rings. The second-order valence-corrected chi connectivity index (χ2v) is 7.64. The molecule has 1 amide bonds. The zero-order valence-electron chi connectivity index (χ0n) is 17.1. The van der Waals surface area contributed by atoms with Gasteiger partial charge in [0.15, 0.2) is 0 Å². The molecule has 4 nitrogen and oxygen atoms in total. The van der Waals surface area contributed by atoms with Crippen molar-refractivity contribution in [3.05, 3.63) is 83.4 Å². The molecule has 0 saturated carbocycles. The van der Waals surface area contributed by atoms with E-state index in [4.69, 9.17) is 4.74 Å². The van der Waals surface area contributed by atoms with Gasteiger partial charge in [-0.25, -0.2) is 4.79 Å². The molecule has 150 valence electrons. The fourth-order valence-electron chi connectivity index (χ4n) is 3.35. The standard InChI is InChI=1S/C25H27NO3/c1-17(2)24(25(28)29-16-21-11-5-4-9-18(21)3)26-23(27)15-20-13-8-12-19-10-6-7-14-22(19)20/h4-14,17,24H,15-16H2,1-3H3,(H,26,27)/t24-/m1/s1. The van der Waals surface area contributed by atoms with Crippen LogP contribution in [0.1, 0.15) is 30.5 Å². The van der Waals surface area contributed by atoms with Crippen LogP contribution in [0.25, 0.3) is 10.8 Å². The van der Waals surface area contributed by atoms with Gasteiger partial charge < -0.3 is 10.1 Å². The van der Waals surface area contributed by atoms with Crippen molar-refractivity contribution < 1.29 is 14.3 Å². The summed E-state index contributed by atoms with van der Waals surface area (Å²) < 4.78 is 5.50. The van der Waals surface area contributed by atoms with Crippen LogP contribution in [0.3, 0.4) is 0 Å². The average molecular weight is 389 g/mol. The van der Waals surface area contributed by atoms with Crippen LogP contribution in [0.2, 0.25) is 0 Å². The van der Waals surface area contributed by atoms with E-state index < -0.39 is 12.0 Å². The Morgan fingerprint density at radius 1 is 0.897 bits per heavy atom. The highest BCUT2D eigenvalue weighted by Crippen LogP contribution is 2.19. The van der Waals surface area contributed by atoms with E-state index in [1.54, 1.807) is 0 Å². The zero-order chi connectivity index (χ0) is 20.8. The molecular formula is C25H27NO3. The Balaban J connectivity index is 1.65. The Morgan fingerprint density at radius 2 is 1.55 bits per heavy atom. The fourth-order valence-corrected chi connectivity index (χ4v) is 3.35. The van der Waals surface area contributed by atoms with E-state index in [9.17, 15) is 9.59 Å². The number of rotatable bonds is 7. The molecule has 0 fully saturated rings. The minimum atomic E-state index is -0.679. The predicted molar refractivity (Wildman–Crippen MR) is 115 cm³/mol. The Labute approximate surface area is 171 Å². The van der Waals surface area contributed by atoms with E-state index in [2.05, 4.69) is 5.32 Å². The highest BCUT2D eigenvalue weighted by atomic mass is 16.5. The number of hydrogen-bond donors (Lipinski definition) is 1. The quantitative estimate of drug-likeness (QED) is 0.602. The van der Waals surface area contributed by atoms with Gasteiger partial charge in [-0.15, -0.1) is 0 Å². The van der Waals surface area contributed by atoms with Crippen LogP contribution in [-0.4, -0.2) is 17.9 Å². The Hall–Kier alpha value is -3.14. The van der Waals surface area contributed by atoms with E-state index in [1.165, 1.54) is 0 Å². The summed E-state index contributed by atoms with van der Waals surface area (Å²) in [5.41, 5.74) is 2.98. The van der Waals surface area contributed by atoms with Crippen LogP contribution in [0.4, 0.5) is 0 Å². The Morgan fingerprint density at radius 3 is 2.31 bits per heavy atom. The lowest BCUT2D eigenvalue weighted by atomic mass is 10.0. The lowest BCUT2D eigenvalue weighted by molar-refractivity contribution is -0.150. The largest absolute Gasteiger partial charge is 0.459 e. The van der Waals surface area contributed by atoms with Gasteiger partial charge in [0.25, 0.3) is 0 Å². The average Bonchev–Trinajstić information content (AvgIpc) is 2.71. The predicted octanol–water partition coefficient (Wildman–Crippen LogP) is 4.57. The SMILES string of the molecule is Cc1ccccc1COC(=O)[C@H](NC(=O)Cc1cccc2ccccc12)C(C)C. The number of aryl methyl sites for hydroxylation is 1. The molecule has 0 aromatic heterocycles. The molecule has 29 heavy (non-hydrogen) atoms. The van der Waals surface area contributed by atoms with Crippen molar-refractivity contribution in [1.29, 1.82) is 0 Å². The minimum Gasteiger partial charge on any atom is -0.459 e. The van der Waals surface area contributed by atoms with E-state index in [0.29, 0.717) is 0 Å². The van der Waals surface area contributed by atoms with Crippen molar-refractivity contribution in [3.8, 4) is 0 Å². The lowest BCUT2D eigenvalue weighted by Gasteiger charge is -2.21. The summed E-state index contributed by atoms with van der Waals surface area (Å²) in [4.78, 5) is 25.3. The first-order valence-electron chi connectivity index (χ1n) is 9.93. The lowest BCUT2D eigenvalue weighted by Crippen LogP contribution is -2.45. The number of ether oxygens (including phenoxy) is 1. The molecule has 0 saturated heterocycles. The van der Waals surface area contributed by atoms with Gasteiger partial charge in [0, 0.05) is 0 Å². The van der Waals surface area contributed by atoms with Gasteiger partial charge in [0.05, 0.1) is 6.42 Å². The maximum Gasteiger partial charge on any atom is 0.329 e. The second-order valence-electron chi connectivity index (χ2n) is 7.64. The van der Waals surface area contributed by atoms with E-state index >= 15 is 0 Å². The number of fused-ring (bicyclic) bond motifs is 1. The summed E-state index contributed by atoms with van der Waals surface area (Å²) in [7, 11) is 0. The molecule has 3 aromatic rings. The summed E-state index contributed by atoms with van der Waals surface area (Å²) in [6.45, 7) is 5.98. The van der Waals surface area contributed by atoms with Crippen LogP contribution in [0.15, 0.2) is 66.7 Å².